The van der Waals surface area contributed by atoms with E-state index in [4.69, 9.17) is 9.84 Å². The van der Waals surface area contributed by atoms with E-state index in [0.29, 0.717) is 18.4 Å². The number of carboxylic acid groups (broad SMARTS) is 1. The van der Waals surface area contributed by atoms with E-state index in [1.54, 1.807) is 7.05 Å². The van der Waals surface area contributed by atoms with Crippen LogP contribution in [0.1, 0.15) is 52.4 Å². The minimum Gasteiger partial charge on any atom is -0.481 e. The summed E-state index contributed by atoms with van der Waals surface area (Å²) in [7, 11) is 1.63. The highest BCUT2D eigenvalue weighted by atomic mass is 16.5. The van der Waals surface area contributed by atoms with E-state index in [1.165, 1.54) is 10.9 Å². The summed E-state index contributed by atoms with van der Waals surface area (Å²) in [6.45, 7) is 0.247. The Kier molecular flexibility index (Phi) is 5.76. The van der Waals surface area contributed by atoms with Crippen molar-refractivity contribution in [3.63, 3.8) is 0 Å². The van der Waals surface area contributed by atoms with Crippen LogP contribution in [-0.2, 0) is 23.1 Å². The minimum absolute atomic E-state index is 0.0446. The van der Waals surface area contributed by atoms with Gasteiger partial charge in [0.05, 0.1) is 24.7 Å². The molecule has 0 aliphatic heterocycles. The Morgan fingerprint density at radius 3 is 2.31 bits per heavy atom. The largest absolute Gasteiger partial charge is 0.481 e. The lowest BCUT2D eigenvalue weighted by atomic mass is 9.98. The molecule has 0 spiro atoms. The van der Waals surface area contributed by atoms with Crippen molar-refractivity contribution < 1.29 is 24.2 Å². The fraction of sp³-hybridized carbons (Fsp3) is 0.308. The van der Waals surface area contributed by atoms with E-state index >= 15 is 0 Å². The number of benzene rings is 2. The number of carboxylic acids is 1. The van der Waals surface area contributed by atoms with Crippen molar-refractivity contribution in [3.05, 3.63) is 77.1 Å². The third-order valence-corrected chi connectivity index (χ3v) is 6.72. The zero-order valence-corrected chi connectivity index (χ0v) is 19.3. The van der Waals surface area contributed by atoms with Crippen molar-refractivity contribution in [1.29, 1.82) is 0 Å². The van der Waals surface area contributed by atoms with Crippen LogP contribution < -0.4 is 10.6 Å². The van der Waals surface area contributed by atoms with Gasteiger partial charge < -0.3 is 20.5 Å². The summed E-state index contributed by atoms with van der Waals surface area (Å²) in [4.78, 5) is 36.5. The number of nitrogens with zero attached hydrogens (tertiary/aromatic N) is 2. The Morgan fingerprint density at radius 2 is 1.71 bits per heavy atom. The van der Waals surface area contributed by atoms with Crippen LogP contribution in [0.5, 0.6) is 0 Å². The van der Waals surface area contributed by atoms with Crippen molar-refractivity contribution in [2.24, 2.45) is 7.05 Å². The van der Waals surface area contributed by atoms with Gasteiger partial charge in [0.15, 0.2) is 0 Å². The van der Waals surface area contributed by atoms with Crippen LogP contribution in [0.2, 0.25) is 0 Å². The number of ether oxygens (including phenoxy) is 1. The molecular formula is C26H26N4O5. The fourth-order valence-corrected chi connectivity index (χ4v) is 4.81. The normalized spacial score (nSPS) is 15.1. The Hall–Kier alpha value is -4.14. The molecule has 2 aromatic carbocycles. The quantitative estimate of drug-likeness (QED) is 0.461. The summed E-state index contributed by atoms with van der Waals surface area (Å²) in [5, 5.41) is 18.8. The number of aromatic nitrogens is 2. The Balaban J connectivity index is 1.21. The topological polar surface area (TPSA) is 123 Å². The summed E-state index contributed by atoms with van der Waals surface area (Å²) in [6, 6.07) is 16.2. The number of nitrogens with one attached hydrogen (secondary N) is 2. The van der Waals surface area contributed by atoms with Crippen molar-refractivity contribution in [2.75, 3.05) is 6.61 Å². The molecule has 0 atom stereocenters. The third kappa shape index (κ3) is 4.49. The zero-order chi connectivity index (χ0) is 24.6. The fourth-order valence-electron chi connectivity index (χ4n) is 4.81. The lowest BCUT2D eigenvalue weighted by Gasteiger charge is -2.16. The van der Waals surface area contributed by atoms with Gasteiger partial charge in [-0.3, -0.25) is 14.3 Å². The van der Waals surface area contributed by atoms with Crippen LogP contribution in [0.4, 0.5) is 4.79 Å². The molecule has 0 radical (unpaired) electrons. The van der Waals surface area contributed by atoms with Crippen LogP contribution in [0.25, 0.3) is 11.1 Å². The monoisotopic (exact) mass is 474 g/mol. The molecule has 2 aliphatic rings. The first kappa shape index (κ1) is 22.6. The van der Waals surface area contributed by atoms with Gasteiger partial charge in [-0.15, -0.1) is 0 Å². The molecule has 35 heavy (non-hydrogen) atoms. The highest BCUT2D eigenvalue weighted by Gasteiger charge is 2.46. The first-order valence-corrected chi connectivity index (χ1v) is 11.5. The Morgan fingerprint density at radius 1 is 1.09 bits per heavy atom. The van der Waals surface area contributed by atoms with Gasteiger partial charge in [0.2, 0.25) is 0 Å². The highest BCUT2D eigenvalue weighted by molar-refractivity contribution is 5.95. The molecule has 1 heterocycles. The molecule has 0 bridgehead atoms. The summed E-state index contributed by atoms with van der Waals surface area (Å²) in [6.07, 6.45) is 2.04. The van der Waals surface area contributed by atoms with Crippen LogP contribution in [0.3, 0.4) is 0 Å². The second-order valence-electron chi connectivity index (χ2n) is 9.13. The van der Waals surface area contributed by atoms with E-state index in [0.717, 1.165) is 22.3 Å². The number of rotatable bonds is 8. The predicted molar refractivity (Wildman–Crippen MR) is 127 cm³/mol. The molecule has 1 saturated carbocycles. The Labute approximate surface area is 202 Å². The van der Waals surface area contributed by atoms with Gasteiger partial charge in [-0.1, -0.05) is 48.5 Å². The number of alkyl carbamates (subject to hydrolysis) is 1. The number of amides is 2. The molecule has 0 unspecified atom stereocenters. The van der Waals surface area contributed by atoms with Gasteiger partial charge >= 0.3 is 12.1 Å². The molecule has 3 N–H and O–H groups in total. The number of hydrogen-bond acceptors (Lipinski definition) is 5. The van der Waals surface area contributed by atoms with E-state index in [1.807, 2.05) is 24.3 Å². The molecule has 9 heteroatoms. The summed E-state index contributed by atoms with van der Waals surface area (Å²) in [5.74, 6) is -1.41. The van der Waals surface area contributed by atoms with E-state index in [-0.39, 0.29) is 31.2 Å². The second kappa shape index (κ2) is 8.90. The van der Waals surface area contributed by atoms with Crippen molar-refractivity contribution in [3.8, 4) is 11.1 Å². The van der Waals surface area contributed by atoms with Crippen LogP contribution in [0, 0.1) is 0 Å². The average Bonchev–Trinajstić information content (AvgIpc) is 3.34. The number of carbonyl (C=O) groups excluding carboxylic acids is 2. The zero-order valence-electron chi connectivity index (χ0n) is 19.3. The minimum atomic E-state index is -0.954. The van der Waals surface area contributed by atoms with Gasteiger partial charge in [-0.05, 0) is 35.1 Å². The molecule has 2 aliphatic carbocycles. The van der Waals surface area contributed by atoms with Gasteiger partial charge in [-0.25, -0.2) is 4.79 Å². The number of aryl methyl sites for hydroxylation is 1. The van der Waals surface area contributed by atoms with E-state index in [9.17, 15) is 14.4 Å². The number of aliphatic carboxylic acids is 1. The predicted octanol–water partition coefficient (Wildman–Crippen LogP) is 3.20. The first-order chi connectivity index (χ1) is 16.9. The highest BCUT2D eigenvalue weighted by Crippen LogP contribution is 2.44. The molecular weight excluding hydrogens is 448 g/mol. The molecule has 0 saturated heterocycles. The molecule has 2 amide bonds. The molecule has 9 nitrogen and oxygen atoms in total. The molecule has 180 valence electrons. The molecule has 1 fully saturated rings. The maximum absolute atomic E-state index is 12.9. The van der Waals surface area contributed by atoms with Crippen LogP contribution in [0.15, 0.2) is 54.7 Å². The van der Waals surface area contributed by atoms with Crippen LogP contribution >= 0.6 is 0 Å². The van der Waals surface area contributed by atoms with Gasteiger partial charge in [-0.2, -0.15) is 5.10 Å². The van der Waals surface area contributed by atoms with Gasteiger partial charge in [0.1, 0.15) is 12.3 Å². The number of fused-ring (bicyclic) bond motifs is 3. The van der Waals surface area contributed by atoms with E-state index in [2.05, 4.69) is 40.0 Å². The van der Waals surface area contributed by atoms with Gasteiger partial charge in [0, 0.05) is 18.5 Å². The standard InChI is InChI=1S/C26H26N4O5/c1-30-23(24(33)29-26(10-11-26)12-22(31)32)16(14-28-30)13-27-25(34)35-15-21-19-8-4-2-6-17(19)18-7-3-5-9-20(18)21/h2-9,14,21H,10-13,15H2,1H3,(H,27,34)(H,29,33)(H,31,32). The second-order valence-corrected chi connectivity index (χ2v) is 9.13. The van der Waals surface area contributed by atoms with Crippen molar-refractivity contribution >= 4 is 18.0 Å². The summed E-state index contributed by atoms with van der Waals surface area (Å²) in [5.41, 5.74) is 4.65. The number of carbonyl (C=O) groups is 3. The molecule has 3 aromatic rings. The summed E-state index contributed by atoms with van der Waals surface area (Å²) >= 11 is 0. The van der Waals surface area contributed by atoms with Gasteiger partial charge in [0.25, 0.3) is 5.91 Å². The third-order valence-electron chi connectivity index (χ3n) is 6.72. The van der Waals surface area contributed by atoms with Crippen LogP contribution in [-0.4, -0.2) is 45.0 Å². The lowest BCUT2D eigenvalue weighted by molar-refractivity contribution is -0.137. The molecule has 1 aromatic heterocycles. The maximum atomic E-state index is 12.9. The maximum Gasteiger partial charge on any atom is 0.407 e. The molecule has 5 rings (SSSR count). The summed E-state index contributed by atoms with van der Waals surface area (Å²) < 4.78 is 6.98. The average molecular weight is 475 g/mol. The smallest absolute Gasteiger partial charge is 0.407 e. The van der Waals surface area contributed by atoms with Crippen molar-refractivity contribution in [2.45, 2.75) is 37.3 Å². The van der Waals surface area contributed by atoms with Crippen molar-refractivity contribution in [1.82, 2.24) is 20.4 Å². The lowest BCUT2D eigenvalue weighted by Crippen LogP contribution is -2.40. The SMILES string of the molecule is Cn1ncc(CNC(=O)OCC2c3ccccc3-c3ccccc32)c1C(=O)NC1(CC(=O)O)CC1. The Bertz CT molecular complexity index is 1270. The van der Waals surface area contributed by atoms with E-state index < -0.39 is 23.5 Å². The number of hydrogen-bond donors (Lipinski definition) is 3. The first-order valence-electron chi connectivity index (χ1n) is 11.5.